The number of pyridine rings is 1. The average molecular weight is 444 g/mol. The van der Waals surface area contributed by atoms with Crippen LogP contribution in [0.1, 0.15) is 54.4 Å². The molecule has 8 nitrogen and oxygen atoms in total. The lowest BCUT2D eigenvalue weighted by Crippen LogP contribution is -2.64. The molecule has 0 radical (unpaired) electrons. The van der Waals surface area contributed by atoms with Gasteiger partial charge in [0.25, 0.3) is 0 Å². The number of hydrogen-bond donors (Lipinski definition) is 0. The summed E-state index contributed by atoms with van der Waals surface area (Å²) in [5.74, 6) is 0.890. The van der Waals surface area contributed by atoms with Gasteiger partial charge in [-0.1, -0.05) is 20.8 Å². The van der Waals surface area contributed by atoms with Crippen molar-refractivity contribution in [3.05, 3.63) is 22.6 Å². The maximum atomic E-state index is 12.8. The first-order valence-electron chi connectivity index (χ1n) is 11.6. The van der Waals surface area contributed by atoms with Crippen molar-refractivity contribution < 1.29 is 9.53 Å². The molecule has 8 heteroatoms. The number of ether oxygens (including phenoxy) is 1. The monoisotopic (exact) mass is 443 g/mol. The minimum atomic E-state index is -0.480. The first-order valence-corrected chi connectivity index (χ1v) is 11.6. The average Bonchev–Trinajstić information content (AvgIpc) is 2.88. The molecule has 2 aliphatic heterocycles. The topological polar surface area (TPSA) is 72.6 Å². The summed E-state index contributed by atoms with van der Waals surface area (Å²) in [4.78, 5) is 34.3. The second-order valence-corrected chi connectivity index (χ2v) is 11.9. The Morgan fingerprint density at radius 2 is 1.81 bits per heavy atom. The molecule has 0 bridgehead atoms. The summed E-state index contributed by atoms with van der Waals surface area (Å²) in [6.45, 7) is 15.9. The molecule has 0 aliphatic carbocycles. The van der Waals surface area contributed by atoms with Crippen LogP contribution in [0.15, 0.2) is 16.9 Å². The summed E-state index contributed by atoms with van der Waals surface area (Å²) in [5, 5.41) is 0. The van der Waals surface area contributed by atoms with Gasteiger partial charge in [-0.25, -0.2) is 14.6 Å². The number of anilines is 1. The molecule has 2 saturated heterocycles. The highest BCUT2D eigenvalue weighted by molar-refractivity contribution is 5.74. The summed E-state index contributed by atoms with van der Waals surface area (Å²) >= 11 is 0. The lowest BCUT2D eigenvalue weighted by Gasteiger charge is -2.54. The van der Waals surface area contributed by atoms with E-state index in [1.165, 1.54) is 0 Å². The van der Waals surface area contributed by atoms with Crippen LogP contribution >= 0.6 is 0 Å². The van der Waals surface area contributed by atoms with Crippen molar-refractivity contribution in [2.24, 2.45) is 17.9 Å². The zero-order valence-electron chi connectivity index (χ0n) is 20.6. The molecule has 176 valence electrons. The third kappa shape index (κ3) is 4.36. The normalized spacial score (nSPS) is 18.8. The highest BCUT2D eigenvalue weighted by Crippen LogP contribution is 2.41. The van der Waals surface area contributed by atoms with E-state index in [9.17, 15) is 9.59 Å². The maximum absolute atomic E-state index is 12.8. The van der Waals surface area contributed by atoms with Crippen LogP contribution in [0.4, 0.5) is 10.6 Å². The summed E-state index contributed by atoms with van der Waals surface area (Å²) in [6.07, 6.45) is 1.87. The standard InChI is InChI=1S/C24H37N5O3/c1-22(2,3)13-29-17-9-10-18(25-19(17)26(7)20(29)30)28-15-24(16-28)11-8-12-27(14-24)21(31)32-23(4,5)6/h9-10H,8,11-16H2,1-7H3. The molecule has 1 amide bonds. The number of piperidine rings is 1. The Labute approximate surface area is 190 Å². The Bertz CT molecular complexity index is 1080. The van der Waals surface area contributed by atoms with Crippen molar-refractivity contribution in [1.82, 2.24) is 19.0 Å². The Kier molecular flexibility index (Phi) is 5.33. The summed E-state index contributed by atoms with van der Waals surface area (Å²) < 4.78 is 9.05. The molecule has 0 atom stereocenters. The van der Waals surface area contributed by atoms with Gasteiger partial charge < -0.3 is 14.5 Å². The van der Waals surface area contributed by atoms with E-state index in [2.05, 4.69) is 25.7 Å². The van der Waals surface area contributed by atoms with E-state index in [4.69, 9.17) is 9.72 Å². The van der Waals surface area contributed by atoms with Gasteiger partial charge in [-0.15, -0.1) is 0 Å². The van der Waals surface area contributed by atoms with Crippen molar-refractivity contribution in [3.8, 4) is 0 Å². The molecule has 4 heterocycles. The van der Waals surface area contributed by atoms with Crippen LogP contribution < -0.4 is 10.6 Å². The van der Waals surface area contributed by atoms with E-state index >= 15 is 0 Å². The molecule has 1 spiro atoms. The molecule has 0 saturated carbocycles. The minimum Gasteiger partial charge on any atom is -0.444 e. The Balaban J connectivity index is 1.50. The van der Waals surface area contributed by atoms with Gasteiger partial charge in [0.05, 0.1) is 5.52 Å². The maximum Gasteiger partial charge on any atom is 0.410 e. The van der Waals surface area contributed by atoms with Gasteiger partial charge in [0, 0.05) is 45.2 Å². The zero-order valence-corrected chi connectivity index (χ0v) is 20.6. The van der Waals surface area contributed by atoms with Crippen molar-refractivity contribution in [3.63, 3.8) is 0 Å². The fourth-order valence-electron chi connectivity index (χ4n) is 4.94. The lowest BCUT2D eigenvalue weighted by atomic mass is 9.73. The smallest absolute Gasteiger partial charge is 0.410 e. The van der Waals surface area contributed by atoms with Gasteiger partial charge in [0.15, 0.2) is 5.65 Å². The first kappa shape index (κ1) is 22.7. The number of carbonyl (C=O) groups excluding carboxylic acids is 1. The van der Waals surface area contributed by atoms with Crippen LogP contribution in [0, 0.1) is 10.8 Å². The zero-order chi connectivity index (χ0) is 23.5. The second kappa shape index (κ2) is 7.52. The second-order valence-electron chi connectivity index (χ2n) is 11.9. The van der Waals surface area contributed by atoms with Crippen molar-refractivity contribution in [1.29, 1.82) is 0 Å². The van der Waals surface area contributed by atoms with Gasteiger partial charge in [0.1, 0.15) is 11.4 Å². The Morgan fingerprint density at radius 3 is 2.44 bits per heavy atom. The molecule has 2 aromatic heterocycles. The third-order valence-electron chi connectivity index (χ3n) is 6.29. The summed E-state index contributed by atoms with van der Waals surface area (Å²) in [7, 11) is 1.79. The number of aryl methyl sites for hydroxylation is 1. The Morgan fingerprint density at radius 1 is 1.12 bits per heavy atom. The minimum absolute atomic E-state index is 0.00162. The molecule has 0 N–H and O–H groups in total. The van der Waals surface area contributed by atoms with Crippen molar-refractivity contribution in [2.75, 3.05) is 31.1 Å². The van der Waals surface area contributed by atoms with Gasteiger partial charge in [-0.3, -0.25) is 9.13 Å². The van der Waals surface area contributed by atoms with Crippen LogP contribution in [0.25, 0.3) is 11.2 Å². The van der Waals surface area contributed by atoms with Crippen LogP contribution in [0.2, 0.25) is 0 Å². The number of likely N-dealkylation sites (tertiary alicyclic amines) is 1. The SMILES string of the molecule is Cn1c(=O)n(CC(C)(C)C)c2ccc(N3CC4(CCCN(C(=O)OC(C)(C)C)C4)C3)nc21. The van der Waals surface area contributed by atoms with E-state index in [0.29, 0.717) is 6.54 Å². The predicted octanol–water partition coefficient (Wildman–Crippen LogP) is 3.62. The number of hydrogen-bond acceptors (Lipinski definition) is 5. The van der Waals surface area contributed by atoms with Gasteiger partial charge in [-0.05, 0) is 51.2 Å². The molecule has 32 heavy (non-hydrogen) atoms. The van der Waals surface area contributed by atoms with Crippen molar-refractivity contribution in [2.45, 2.75) is 66.5 Å². The number of imidazole rings is 1. The predicted molar refractivity (Wildman–Crippen MR) is 126 cm³/mol. The molecule has 2 aliphatic rings. The fourth-order valence-corrected chi connectivity index (χ4v) is 4.94. The number of amides is 1. The molecule has 4 rings (SSSR count). The van der Waals surface area contributed by atoms with E-state index in [-0.39, 0.29) is 22.6 Å². The van der Waals surface area contributed by atoms with Gasteiger partial charge in [-0.2, -0.15) is 0 Å². The summed E-state index contributed by atoms with van der Waals surface area (Å²) in [6, 6.07) is 4.03. The fraction of sp³-hybridized carbons (Fsp3) is 0.708. The van der Waals surface area contributed by atoms with Crippen LogP contribution in [0.5, 0.6) is 0 Å². The molecule has 2 aromatic rings. The largest absolute Gasteiger partial charge is 0.444 e. The molecule has 2 fully saturated rings. The van der Waals surface area contributed by atoms with Crippen LogP contribution in [-0.4, -0.2) is 56.9 Å². The van der Waals surface area contributed by atoms with E-state index in [0.717, 1.165) is 56.0 Å². The van der Waals surface area contributed by atoms with Crippen molar-refractivity contribution >= 4 is 23.1 Å². The van der Waals surface area contributed by atoms with E-state index < -0.39 is 5.60 Å². The van der Waals surface area contributed by atoms with E-state index in [1.54, 1.807) is 11.6 Å². The summed E-state index contributed by atoms with van der Waals surface area (Å²) in [5.41, 5.74) is 1.18. The molecular weight excluding hydrogens is 406 g/mol. The molecule has 0 unspecified atom stereocenters. The molecule has 0 aromatic carbocycles. The highest BCUT2D eigenvalue weighted by atomic mass is 16.6. The van der Waals surface area contributed by atoms with E-state index in [1.807, 2.05) is 42.4 Å². The van der Waals surface area contributed by atoms with Gasteiger partial charge >= 0.3 is 11.8 Å². The number of rotatable bonds is 2. The number of fused-ring (bicyclic) bond motifs is 1. The Hall–Kier alpha value is -2.51. The number of aromatic nitrogens is 3. The quantitative estimate of drug-likeness (QED) is 0.709. The third-order valence-corrected chi connectivity index (χ3v) is 6.29. The lowest BCUT2D eigenvalue weighted by molar-refractivity contribution is -0.00154. The van der Waals surface area contributed by atoms with Crippen LogP contribution in [-0.2, 0) is 18.3 Å². The van der Waals surface area contributed by atoms with Gasteiger partial charge in [0.2, 0.25) is 0 Å². The van der Waals surface area contributed by atoms with Crippen LogP contribution in [0.3, 0.4) is 0 Å². The first-order chi connectivity index (χ1) is 14.8. The number of nitrogens with zero attached hydrogens (tertiary/aromatic N) is 5. The molecular formula is C24H37N5O3. The highest BCUT2D eigenvalue weighted by Gasteiger charge is 2.47. The number of carbonyl (C=O) groups is 1.